The highest BCUT2D eigenvalue weighted by Gasteiger charge is 2.35. The van der Waals surface area contributed by atoms with Crippen molar-refractivity contribution < 1.29 is 13.9 Å². The molecular weight excluding hydrogens is 332 g/mol. The molecule has 0 spiro atoms. The Hall–Kier alpha value is -3.72. The van der Waals surface area contributed by atoms with Gasteiger partial charge in [0, 0.05) is 10.9 Å². The Balaban J connectivity index is 2.10. The van der Waals surface area contributed by atoms with E-state index >= 15 is 0 Å². The van der Waals surface area contributed by atoms with Gasteiger partial charge in [-0.2, -0.15) is 5.26 Å². The number of nitrogens with two attached hydrogens (primary N) is 1. The Bertz CT molecular complexity index is 1150. The zero-order chi connectivity index (χ0) is 18.3. The molecule has 4 rings (SSSR count). The minimum absolute atomic E-state index is 0.00743. The number of ether oxygens (including phenoxy) is 2. The summed E-state index contributed by atoms with van der Waals surface area (Å²) < 4.78 is 16.1. The van der Waals surface area contributed by atoms with Crippen LogP contribution in [0.15, 0.2) is 69.2 Å². The molecule has 1 aromatic heterocycles. The number of hydrogen-bond acceptors (Lipinski definition) is 6. The molecule has 3 aromatic rings. The Kier molecular flexibility index (Phi) is 3.63. The monoisotopic (exact) mass is 346 g/mol. The van der Waals surface area contributed by atoms with Crippen LogP contribution in [-0.2, 0) is 0 Å². The lowest BCUT2D eigenvalue weighted by Crippen LogP contribution is -2.25. The van der Waals surface area contributed by atoms with Crippen molar-refractivity contribution >= 4 is 11.0 Å². The molecule has 2 N–H and O–H groups in total. The van der Waals surface area contributed by atoms with Crippen molar-refractivity contribution in [2.75, 3.05) is 7.11 Å². The summed E-state index contributed by atoms with van der Waals surface area (Å²) in [5.74, 6) is -0.0186. The average Bonchev–Trinajstić information content (AvgIpc) is 2.67. The first kappa shape index (κ1) is 15.8. The van der Waals surface area contributed by atoms with E-state index in [0.717, 1.165) is 5.56 Å². The van der Waals surface area contributed by atoms with Crippen LogP contribution in [-0.4, -0.2) is 7.11 Å². The third kappa shape index (κ3) is 2.30. The van der Waals surface area contributed by atoms with E-state index in [2.05, 4.69) is 6.07 Å². The predicted octanol–water partition coefficient (Wildman–Crippen LogP) is 3.02. The number of methoxy groups -OCH3 is 1. The minimum atomic E-state index is -0.633. The molecule has 2 aromatic carbocycles. The summed E-state index contributed by atoms with van der Waals surface area (Å²) in [7, 11) is 1.57. The molecule has 2 heterocycles. The Morgan fingerprint density at radius 2 is 2.00 bits per heavy atom. The lowest BCUT2D eigenvalue weighted by atomic mass is 9.82. The Morgan fingerprint density at radius 1 is 1.19 bits per heavy atom. The maximum absolute atomic E-state index is 12.4. The number of rotatable bonds is 2. The Morgan fingerprint density at radius 3 is 2.77 bits per heavy atom. The van der Waals surface area contributed by atoms with Crippen molar-refractivity contribution in [3.63, 3.8) is 0 Å². The fourth-order valence-corrected chi connectivity index (χ4v) is 3.27. The van der Waals surface area contributed by atoms with Gasteiger partial charge in [0.15, 0.2) is 0 Å². The molecule has 1 atom stereocenters. The molecule has 128 valence electrons. The molecular formula is C20H14N2O4. The number of fused-ring (bicyclic) bond motifs is 3. The molecule has 0 radical (unpaired) electrons. The number of benzene rings is 2. The summed E-state index contributed by atoms with van der Waals surface area (Å²) >= 11 is 0. The maximum atomic E-state index is 12.4. The van der Waals surface area contributed by atoms with Gasteiger partial charge in [0.25, 0.3) is 0 Å². The van der Waals surface area contributed by atoms with Gasteiger partial charge in [0.2, 0.25) is 11.6 Å². The lowest BCUT2D eigenvalue weighted by Gasteiger charge is -2.26. The first-order valence-electron chi connectivity index (χ1n) is 7.91. The number of nitriles is 1. The van der Waals surface area contributed by atoms with Crippen molar-refractivity contribution in [3.05, 3.63) is 81.5 Å². The van der Waals surface area contributed by atoms with Gasteiger partial charge in [-0.1, -0.05) is 30.3 Å². The highest BCUT2D eigenvalue weighted by molar-refractivity contribution is 5.85. The smallest absolute Gasteiger partial charge is 0.380 e. The highest BCUT2D eigenvalue weighted by Crippen LogP contribution is 2.44. The van der Waals surface area contributed by atoms with Gasteiger partial charge in [-0.15, -0.1) is 0 Å². The van der Waals surface area contributed by atoms with Gasteiger partial charge in [0.05, 0.1) is 13.0 Å². The molecule has 26 heavy (non-hydrogen) atoms. The summed E-state index contributed by atoms with van der Waals surface area (Å²) in [6.45, 7) is 0. The van der Waals surface area contributed by atoms with Gasteiger partial charge in [0.1, 0.15) is 23.0 Å². The molecule has 0 saturated heterocycles. The normalized spacial score (nSPS) is 15.9. The van der Waals surface area contributed by atoms with E-state index in [1.165, 1.54) is 0 Å². The second kappa shape index (κ2) is 5.97. The second-order valence-electron chi connectivity index (χ2n) is 5.83. The summed E-state index contributed by atoms with van der Waals surface area (Å²) in [6.07, 6.45) is 0. The van der Waals surface area contributed by atoms with Gasteiger partial charge < -0.3 is 19.6 Å². The molecule has 6 heteroatoms. The maximum Gasteiger partial charge on any atom is 0.380 e. The lowest BCUT2D eigenvalue weighted by molar-refractivity contribution is 0.367. The van der Waals surface area contributed by atoms with Crippen LogP contribution in [0, 0.1) is 11.3 Å². The van der Waals surface area contributed by atoms with Crippen LogP contribution in [0.4, 0.5) is 0 Å². The average molecular weight is 346 g/mol. The van der Waals surface area contributed by atoms with Gasteiger partial charge in [-0.25, -0.2) is 4.79 Å². The Labute approximate surface area is 148 Å². The van der Waals surface area contributed by atoms with Crippen molar-refractivity contribution in [3.8, 4) is 17.6 Å². The largest absolute Gasteiger partial charge is 0.497 e. The van der Waals surface area contributed by atoms with Crippen molar-refractivity contribution in [2.24, 2.45) is 5.73 Å². The van der Waals surface area contributed by atoms with E-state index in [0.29, 0.717) is 22.3 Å². The van der Waals surface area contributed by atoms with E-state index < -0.39 is 11.5 Å². The van der Waals surface area contributed by atoms with Crippen molar-refractivity contribution in [2.45, 2.75) is 5.92 Å². The SMILES string of the molecule is COc1cccc([C@H]2C(C#N)=C(N)Oc3c2c2ccccc2oc3=O)c1. The molecule has 0 aliphatic carbocycles. The third-order valence-electron chi connectivity index (χ3n) is 4.41. The van der Waals surface area contributed by atoms with E-state index in [4.69, 9.17) is 19.6 Å². The quantitative estimate of drug-likeness (QED) is 0.716. The fraction of sp³-hybridized carbons (Fsp3) is 0.100. The number of nitrogens with zero attached hydrogens (tertiary/aromatic N) is 1. The number of para-hydroxylation sites is 1. The van der Waals surface area contributed by atoms with Crippen molar-refractivity contribution in [1.29, 1.82) is 5.26 Å². The van der Waals surface area contributed by atoms with E-state index in [1.807, 2.05) is 30.3 Å². The standard InChI is InChI=1S/C20H14N2O4/c1-24-12-6-4-5-11(9-12)16-14(10-21)19(22)26-18-17(16)13-7-2-3-8-15(13)25-20(18)23/h2-9,16H,22H2,1H3/t16-/m0/s1. The first-order chi connectivity index (χ1) is 12.6. The van der Waals surface area contributed by atoms with Crippen LogP contribution >= 0.6 is 0 Å². The van der Waals surface area contributed by atoms with E-state index in [1.54, 1.807) is 25.3 Å². The molecule has 1 aliphatic heterocycles. The summed E-state index contributed by atoms with van der Waals surface area (Å²) in [4.78, 5) is 12.4. The second-order valence-corrected chi connectivity index (χ2v) is 5.83. The molecule has 0 unspecified atom stereocenters. The third-order valence-corrected chi connectivity index (χ3v) is 4.41. The van der Waals surface area contributed by atoms with Crippen LogP contribution in [0.2, 0.25) is 0 Å². The topological polar surface area (TPSA) is 98.5 Å². The van der Waals surface area contributed by atoms with Crippen LogP contribution < -0.4 is 20.8 Å². The van der Waals surface area contributed by atoms with Crippen LogP contribution in [0.5, 0.6) is 11.5 Å². The zero-order valence-corrected chi connectivity index (χ0v) is 13.9. The van der Waals surface area contributed by atoms with Crippen LogP contribution in [0.1, 0.15) is 17.0 Å². The number of allylic oxidation sites excluding steroid dienone is 1. The molecule has 0 fully saturated rings. The van der Waals surface area contributed by atoms with Crippen LogP contribution in [0.3, 0.4) is 0 Å². The van der Waals surface area contributed by atoms with Gasteiger partial charge in [-0.3, -0.25) is 0 Å². The first-order valence-corrected chi connectivity index (χ1v) is 7.91. The highest BCUT2D eigenvalue weighted by atomic mass is 16.5. The zero-order valence-electron chi connectivity index (χ0n) is 13.9. The summed E-state index contributed by atoms with van der Waals surface area (Å²) in [6, 6.07) is 16.6. The number of hydrogen-bond donors (Lipinski definition) is 1. The molecule has 0 amide bonds. The van der Waals surface area contributed by atoms with E-state index in [9.17, 15) is 10.1 Å². The van der Waals surface area contributed by atoms with Gasteiger partial charge in [-0.05, 0) is 23.8 Å². The minimum Gasteiger partial charge on any atom is -0.497 e. The molecule has 1 aliphatic rings. The van der Waals surface area contributed by atoms with Crippen molar-refractivity contribution in [1.82, 2.24) is 0 Å². The summed E-state index contributed by atoms with van der Waals surface area (Å²) in [5, 5.41) is 10.4. The molecule has 0 bridgehead atoms. The molecule has 0 saturated carbocycles. The van der Waals surface area contributed by atoms with E-state index in [-0.39, 0.29) is 17.2 Å². The fourth-order valence-electron chi connectivity index (χ4n) is 3.27. The predicted molar refractivity (Wildman–Crippen MR) is 94.8 cm³/mol. The molecule has 6 nitrogen and oxygen atoms in total. The van der Waals surface area contributed by atoms with Crippen LogP contribution in [0.25, 0.3) is 11.0 Å². The van der Waals surface area contributed by atoms with Gasteiger partial charge >= 0.3 is 5.63 Å². The summed E-state index contributed by atoms with van der Waals surface area (Å²) in [5.41, 5.74) is 7.30.